The molecule has 2 aromatic heterocycles. The summed E-state index contributed by atoms with van der Waals surface area (Å²) in [4.78, 5) is 33.7. The molecule has 0 saturated carbocycles. The second-order valence-corrected chi connectivity index (χ2v) is 9.84. The van der Waals surface area contributed by atoms with Gasteiger partial charge in [0, 0.05) is 13.0 Å². The zero-order valence-electron chi connectivity index (χ0n) is 17.1. The lowest BCUT2D eigenvalue weighted by Crippen LogP contribution is -2.22. The quantitative estimate of drug-likeness (QED) is 0.399. The molecule has 0 unspecified atom stereocenters. The molecule has 4 N–H and O–H groups in total. The molecule has 0 saturated heterocycles. The number of hydrogen-bond donors (Lipinski definition) is 3. The van der Waals surface area contributed by atoms with Gasteiger partial charge >= 0.3 is 0 Å². The highest BCUT2D eigenvalue weighted by atomic mass is 32.2. The number of carbonyl (C=O) groups excluding carboxylic acids is 1. The highest BCUT2D eigenvalue weighted by molar-refractivity contribution is 7.89. The van der Waals surface area contributed by atoms with Crippen LogP contribution >= 0.6 is 11.3 Å². The number of nitrogens with zero attached hydrogens (tertiary/aromatic N) is 1. The summed E-state index contributed by atoms with van der Waals surface area (Å²) >= 11 is 1.17. The van der Waals surface area contributed by atoms with Gasteiger partial charge < -0.3 is 10.3 Å². The van der Waals surface area contributed by atoms with Crippen LogP contribution in [0.1, 0.15) is 32.2 Å². The maximum absolute atomic E-state index is 12.8. The Morgan fingerprint density at radius 3 is 2.44 bits per heavy atom. The number of fused-ring (bicyclic) bond motifs is 1. The summed E-state index contributed by atoms with van der Waals surface area (Å²) in [6.07, 6.45) is 0.485. The summed E-state index contributed by atoms with van der Waals surface area (Å²) in [5.74, 6) is 0.210. The number of aryl methyl sites for hydroxylation is 1. The number of nitrogens with two attached hydrogens (primary N) is 1. The van der Waals surface area contributed by atoms with E-state index in [0.29, 0.717) is 38.5 Å². The molecule has 0 aliphatic heterocycles. The van der Waals surface area contributed by atoms with E-state index in [1.165, 1.54) is 23.5 Å². The van der Waals surface area contributed by atoms with Crippen molar-refractivity contribution >= 4 is 37.5 Å². The van der Waals surface area contributed by atoms with Gasteiger partial charge in [-0.25, -0.2) is 18.5 Å². The highest BCUT2D eigenvalue weighted by Crippen LogP contribution is 2.27. The van der Waals surface area contributed by atoms with Crippen molar-refractivity contribution in [3.8, 4) is 0 Å². The van der Waals surface area contributed by atoms with E-state index in [-0.39, 0.29) is 22.9 Å². The monoisotopic (exact) mass is 468 g/mol. The van der Waals surface area contributed by atoms with Crippen LogP contribution < -0.4 is 16.0 Å². The van der Waals surface area contributed by atoms with Gasteiger partial charge in [-0.2, -0.15) is 0 Å². The maximum atomic E-state index is 12.8. The van der Waals surface area contributed by atoms with Crippen molar-refractivity contribution in [1.82, 2.24) is 15.3 Å². The minimum Gasteiger partial charge on any atom is -0.347 e. The standard InChI is InChI=1S/C22H20N4O4S2/c1-13-18-20(27)25-17(11-14-5-3-2-4-6-14)26-22(18)31-19(13)21(28)24-12-15-7-9-16(10-8-15)32(23,29)30/h2-10H,11-12H2,1H3,(H,24,28)(H2,23,29,30)(H,25,26,27). The van der Waals surface area contributed by atoms with Crippen molar-refractivity contribution in [1.29, 1.82) is 0 Å². The van der Waals surface area contributed by atoms with Crippen LogP contribution in [0.4, 0.5) is 0 Å². The molecule has 0 aliphatic carbocycles. The second-order valence-electron chi connectivity index (χ2n) is 7.28. The zero-order chi connectivity index (χ0) is 22.9. The lowest BCUT2D eigenvalue weighted by Gasteiger charge is -2.05. The molecule has 0 radical (unpaired) electrons. The fraction of sp³-hybridized carbons (Fsp3) is 0.136. The summed E-state index contributed by atoms with van der Waals surface area (Å²) in [5, 5.41) is 8.31. The number of aromatic nitrogens is 2. The Labute approximate surface area is 188 Å². The lowest BCUT2D eigenvalue weighted by molar-refractivity contribution is 0.0954. The Bertz CT molecular complexity index is 1460. The molecular formula is C22H20N4O4S2. The number of carbonyl (C=O) groups is 1. The van der Waals surface area contributed by atoms with E-state index >= 15 is 0 Å². The average Bonchev–Trinajstić information content (AvgIpc) is 3.09. The van der Waals surface area contributed by atoms with E-state index in [1.807, 2.05) is 30.3 Å². The Morgan fingerprint density at radius 1 is 1.09 bits per heavy atom. The van der Waals surface area contributed by atoms with Gasteiger partial charge in [0.2, 0.25) is 10.0 Å². The molecule has 164 valence electrons. The largest absolute Gasteiger partial charge is 0.347 e. The Kier molecular flexibility index (Phi) is 5.92. The summed E-state index contributed by atoms with van der Waals surface area (Å²) in [6, 6.07) is 15.6. The SMILES string of the molecule is Cc1c(C(=O)NCc2ccc(S(N)(=O)=O)cc2)sc2nc(Cc3ccccc3)[nH]c(=O)c12. The van der Waals surface area contributed by atoms with Gasteiger partial charge in [0.25, 0.3) is 11.5 Å². The Balaban J connectivity index is 1.54. The number of H-pyrrole nitrogens is 1. The number of primary sulfonamides is 1. The van der Waals surface area contributed by atoms with E-state index in [9.17, 15) is 18.0 Å². The number of amides is 1. The first-order chi connectivity index (χ1) is 15.2. The number of rotatable bonds is 6. The predicted octanol–water partition coefficient (Wildman–Crippen LogP) is 2.46. The third-order valence-electron chi connectivity index (χ3n) is 4.98. The number of sulfonamides is 1. The van der Waals surface area contributed by atoms with Crippen LogP contribution in [0.3, 0.4) is 0 Å². The van der Waals surface area contributed by atoms with Crippen LogP contribution in [0.15, 0.2) is 64.3 Å². The van der Waals surface area contributed by atoms with Crippen molar-refractivity contribution in [3.05, 3.63) is 92.3 Å². The van der Waals surface area contributed by atoms with Gasteiger partial charge in [0.1, 0.15) is 10.7 Å². The molecule has 0 fully saturated rings. The first kappa shape index (κ1) is 21.9. The van der Waals surface area contributed by atoms with Gasteiger partial charge in [0.05, 0.1) is 15.2 Å². The molecule has 10 heteroatoms. The first-order valence-electron chi connectivity index (χ1n) is 9.68. The minimum atomic E-state index is -3.77. The van der Waals surface area contributed by atoms with Crippen molar-refractivity contribution in [2.24, 2.45) is 5.14 Å². The third-order valence-corrected chi connectivity index (χ3v) is 7.09. The maximum Gasteiger partial charge on any atom is 0.261 e. The molecular weight excluding hydrogens is 448 g/mol. The number of aromatic amines is 1. The fourth-order valence-corrected chi connectivity index (χ4v) is 4.97. The number of thiophene rings is 1. The summed E-state index contributed by atoms with van der Waals surface area (Å²) in [7, 11) is -3.77. The first-order valence-corrected chi connectivity index (χ1v) is 12.0. The minimum absolute atomic E-state index is 0.00420. The third kappa shape index (κ3) is 4.62. The summed E-state index contributed by atoms with van der Waals surface area (Å²) in [5.41, 5.74) is 2.04. The molecule has 0 bridgehead atoms. The summed E-state index contributed by atoms with van der Waals surface area (Å²) < 4.78 is 22.7. The average molecular weight is 469 g/mol. The van der Waals surface area contributed by atoms with Gasteiger partial charge in [0.15, 0.2) is 0 Å². The van der Waals surface area contributed by atoms with Crippen LogP contribution in [0.25, 0.3) is 10.2 Å². The topological polar surface area (TPSA) is 135 Å². The van der Waals surface area contributed by atoms with Crippen LogP contribution in [-0.2, 0) is 23.0 Å². The van der Waals surface area contributed by atoms with Crippen LogP contribution in [-0.4, -0.2) is 24.3 Å². The number of nitrogens with one attached hydrogen (secondary N) is 2. The molecule has 2 aromatic carbocycles. The van der Waals surface area contributed by atoms with Crippen LogP contribution in [0.5, 0.6) is 0 Å². The van der Waals surface area contributed by atoms with Crippen LogP contribution in [0.2, 0.25) is 0 Å². The predicted molar refractivity (Wildman–Crippen MR) is 123 cm³/mol. The Morgan fingerprint density at radius 2 is 1.78 bits per heavy atom. The highest BCUT2D eigenvalue weighted by Gasteiger charge is 2.19. The fourth-order valence-electron chi connectivity index (χ4n) is 3.34. The molecule has 2 heterocycles. The smallest absolute Gasteiger partial charge is 0.261 e. The number of benzene rings is 2. The van der Waals surface area contributed by atoms with E-state index in [1.54, 1.807) is 19.1 Å². The molecule has 4 rings (SSSR count). The lowest BCUT2D eigenvalue weighted by atomic mass is 10.1. The van der Waals surface area contributed by atoms with Gasteiger partial charge in [-0.15, -0.1) is 11.3 Å². The molecule has 32 heavy (non-hydrogen) atoms. The van der Waals surface area contributed by atoms with E-state index in [4.69, 9.17) is 5.14 Å². The van der Waals surface area contributed by atoms with E-state index < -0.39 is 10.0 Å². The van der Waals surface area contributed by atoms with Gasteiger partial charge in [-0.3, -0.25) is 9.59 Å². The van der Waals surface area contributed by atoms with Crippen LogP contribution in [0, 0.1) is 6.92 Å². The number of hydrogen-bond acceptors (Lipinski definition) is 6. The van der Waals surface area contributed by atoms with Gasteiger partial charge in [-0.1, -0.05) is 42.5 Å². The molecule has 4 aromatic rings. The normalized spacial score (nSPS) is 11.6. The van der Waals surface area contributed by atoms with Crippen molar-refractivity contribution in [2.45, 2.75) is 24.8 Å². The second kappa shape index (κ2) is 8.65. The molecule has 0 aliphatic rings. The van der Waals surface area contributed by atoms with Crippen molar-refractivity contribution < 1.29 is 13.2 Å². The summed E-state index contributed by atoms with van der Waals surface area (Å²) in [6.45, 7) is 1.92. The molecule has 0 atom stereocenters. The van der Waals surface area contributed by atoms with Gasteiger partial charge in [-0.05, 0) is 35.7 Å². The zero-order valence-corrected chi connectivity index (χ0v) is 18.7. The van der Waals surface area contributed by atoms with E-state index in [2.05, 4.69) is 15.3 Å². The molecule has 8 nitrogen and oxygen atoms in total. The Hall–Kier alpha value is -3.34. The van der Waals surface area contributed by atoms with E-state index in [0.717, 1.165) is 5.56 Å². The molecule has 0 spiro atoms. The molecule has 1 amide bonds. The van der Waals surface area contributed by atoms with Crippen molar-refractivity contribution in [2.75, 3.05) is 0 Å². The van der Waals surface area contributed by atoms with Crippen molar-refractivity contribution in [3.63, 3.8) is 0 Å².